The summed E-state index contributed by atoms with van der Waals surface area (Å²) in [6.07, 6.45) is 1.21. The van der Waals surface area contributed by atoms with Crippen LogP contribution in [0.25, 0.3) is 0 Å². The van der Waals surface area contributed by atoms with Gasteiger partial charge in [-0.15, -0.1) is 0 Å². The molecular formula is C27H39N5O5. The van der Waals surface area contributed by atoms with Crippen LogP contribution in [0.5, 0.6) is 11.8 Å². The quantitative estimate of drug-likeness (QED) is 0.566. The normalized spacial score (nSPS) is 14.7. The molecule has 1 aliphatic heterocycles. The summed E-state index contributed by atoms with van der Waals surface area (Å²) in [7, 11) is 3.49. The zero-order valence-electron chi connectivity index (χ0n) is 23.0. The molecule has 10 nitrogen and oxygen atoms in total. The van der Waals surface area contributed by atoms with Crippen LogP contribution in [0.1, 0.15) is 50.6 Å². The number of anilines is 1. The Bertz CT molecular complexity index is 1070. The van der Waals surface area contributed by atoms with Crippen molar-refractivity contribution in [3.05, 3.63) is 41.2 Å². The first-order chi connectivity index (χ1) is 17.4. The van der Waals surface area contributed by atoms with Crippen LogP contribution < -0.4 is 14.8 Å². The lowest BCUT2D eigenvalue weighted by molar-refractivity contribution is -0.135. The lowest BCUT2D eigenvalue weighted by Gasteiger charge is -2.36. The van der Waals surface area contributed by atoms with Crippen molar-refractivity contribution in [1.82, 2.24) is 19.8 Å². The Hall–Kier alpha value is -3.40. The van der Waals surface area contributed by atoms with Gasteiger partial charge in [-0.3, -0.25) is 15.0 Å². The molecule has 0 aliphatic carbocycles. The standard InChI is InChI=1S/C27H39N5O5/c1-18-24(30-26(34)37-27(3,4)5)19(2)29-25(28-18)36-17-23(33)31(6)21-11-13-32(14-12-21)16-20-9-8-10-22(15-20)35-7/h8-10,15,21H,11-14,16-17H2,1-7H3,(H,30,34). The lowest BCUT2D eigenvalue weighted by Crippen LogP contribution is -2.46. The molecule has 2 aromatic rings. The van der Waals surface area contributed by atoms with E-state index in [4.69, 9.17) is 14.2 Å². The van der Waals surface area contributed by atoms with Gasteiger partial charge in [-0.1, -0.05) is 12.1 Å². The summed E-state index contributed by atoms with van der Waals surface area (Å²) in [6, 6.07) is 8.37. The van der Waals surface area contributed by atoms with Crippen molar-refractivity contribution in [3.8, 4) is 11.8 Å². The van der Waals surface area contributed by atoms with Gasteiger partial charge in [0.2, 0.25) is 0 Å². The van der Waals surface area contributed by atoms with Crippen molar-refractivity contribution in [1.29, 1.82) is 0 Å². The first-order valence-electron chi connectivity index (χ1n) is 12.5. The van der Waals surface area contributed by atoms with Crippen molar-refractivity contribution < 1.29 is 23.8 Å². The number of carbonyl (C=O) groups is 2. The summed E-state index contributed by atoms with van der Waals surface area (Å²) < 4.78 is 16.2. The summed E-state index contributed by atoms with van der Waals surface area (Å²) in [5, 5.41) is 2.69. The van der Waals surface area contributed by atoms with E-state index in [9.17, 15) is 9.59 Å². The third-order valence-corrected chi connectivity index (χ3v) is 6.24. The Morgan fingerprint density at radius 2 is 1.78 bits per heavy atom. The molecule has 2 amide bonds. The average molecular weight is 514 g/mol. The maximum absolute atomic E-state index is 12.8. The van der Waals surface area contributed by atoms with Crippen molar-refractivity contribution in [3.63, 3.8) is 0 Å². The molecule has 10 heteroatoms. The largest absolute Gasteiger partial charge is 0.497 e. The number of nitrogens with one attached hydrogen (secondary N) is 1. The Morgan fingerprint density at radius 3 is 2.38 bits per heavy atom. The highest BCUT2D eigenvalue weighted by Crippen LogP contribution is 2.22. The van der Waals surface area contributed by atoms with E-state index in [-0.39, 0.29) is 24.6 Å². The van der Waals surface area contributed by atoms with Crippen molar-refractivity contribution in [2.45, 2.75) is 65.6 Å². The predicted molar refractivity (Wildman–Crippen MR) is 141 cm³/mol. The summed E-state index contributed by atoms with van der Waals surface area (Å²) in [6.45, 7) is 11.4. The Labute approximate surface area is 219 Å². The first kappa shape index (κ1) is 28.2. The van der Waals surface area contributed by atoms with Gasteiger partial charge in [-0.05, 0) is 65.2 Å². The van der Waals surface area contributed by atoms with Gasteiger partial charge < -0.3 is 19.1 Å². The highest BCUT2D eigenvalue weighted by atomic mass is 16.6. The molecule has 0 unspecified atom stereocenters. The van der Waals surface area contributed by atoms with Gasteiger partial charge in [0.25, 0.3) is 5.91 Å². The molecule has 0 atom stereocenters. The van der Waals surface area contributed by atoms with Gasteiger partial charge in [0.1, 0.15) is 11.4 Å². The Balaban J connectivity index is 1.48. The predicted octanol–water partition coefficient (Wildman–Crippen LogP) is 3.95. The van der Waals surface area contributed by atoms with Crippen molar-refractivity contribution >= 4 is 17.7 Å². The number of likely N-dealkylation sites (tertiary alicyclic amines) is 1. The lowest BCUT2D eigenvalue weighted by atomic mass is 10.0. The van der Waals surface area contributed by atoms with E-state index in [0.29, 0.717) is 17.1 Å². The monoisotopic (exact) mass is 513 g/mol. The van der Waals surface area contributed by atoms with E-state index in [2.05, 4.69) is 32.3 Å². The molecule has 202 valence electrons. The number of ether oxygens (including phenoxy) is 3. The van der Waals surface area contributed by atoms with E-state index in [1.54, 1.807) is 46.6 Å². The highest BCUT2D eigenvalue weighted by molar-refractivity contribution is 5.86. The van der Waals surface area contributed by atoms with E-state index >= 15 is 0 Å². The molecule has 2 heterocycles. The molecule has 37 heavy (non-hydrogen) atoms. The van der Waals surface area contributed by atoms with Gasteiger partial charge in [-0.25, -0.2) is 4.79 Å². The molecule has 1 N–H and O–H groups in total. The maximum atomic E-state index is 12.8. The van der Waals surface area contributed by atoms with Crippen molar-refractivity contribution in [2.24, 2.45) is 0 Å². The minimum Gasteiger partial charge on any atom is -0.497 e. The zero-order valence-corrected chi connectivity index (χ0v) is 23.0. The SMILES string of the molecule is COc1cccc(CN2CCC(N(C)C(=O)COc3nc(C)c(NC(=O)OC(C)(C)C)c(C)n3)CC2)c1. The topological polar surface area (TPSA) is 106 Å². The number of benzene rings is 1. The molecule has 1 fully saturated rings. The second-order valence-corrected chi connectivity index (χ2v) is 10.3. The van der Waals surface area contributed by atoms with Crippen LogP contribution in [-0.2, 0) is 16.1 Å². The van der Waals surface area contributed by atoms with Crippen LogP contribution in [0.15, 0.2) is 24.3 Å². The fraction of sp³-hybridized carbons (Fsp3) is 0.556. The average Bonchev–Trinajstić information content (AvgIpc) is 2.84. The van der Waals surface area contributed by atoms with E-state index in [1.807, 2.05) is 19.2 Å². The van der Waals surface area contributed by atoms with Crippen LogP contribution in [0, 0.1) is 13.8 Å². The first-order valence-corrected chi connectivity index (χ1v) is 12.5. The number of aryl methyl sites for hydroxylation is 2. The van der Waals surface area contributed by atoms with Crippen molar-refractivity contribution in [2.75, 3.05) is 39.2 Å². The highest BCUT2D eigenvalue weighted by Gasteiger charge is 2.26. The minimum atomic E-state index is -0.616. The number of hydrogen-bond donors (Lipinski definition) is 1. The van der Waals surface area contributed by atoms with Gasteiger partial charge in [0, 0.05) is 32.7 Å². The molecule has 1 aliphatic rings. The third kappa shape index (κ3) is 8.31. The van der Waals surface area contributed by atoms with Crippen LogP contribution in [0.2, 0.25) is 0 Å². The summed E-state index contributed by atoms with van der Waals surface area (Å²) in [5.41, 5.74) is 2.11. The Morgan fingerprint density at radius 1 is 1.14 bits per heavy atom. The van der Waals surface area contributed by atoms with E-state index < -0.39 is 11.7 Å². The molecule has 0 spiro atoms. The second-order valence-electron chi connectivity index (χ2n) is 10.3. The molecule has 3 rings (SSSR count). The molecule has 1 aromatic carbocycles. The number of rotatable bonds is 8. The number of carbonyl (C=O) groups excluding carboxylic acids is 2. The van der Waals surface area contributed by atoms with Gasteiger partial charge >= 0.3 is 12.1 Å². The number of likely N-dealkylation sites (N-methyl/N-ethyl adjacent to an activating group) is 1. The summed E-state index contributed by atoms with van der Waals surface area (Å²) >= 11 is 0. The number of aromatic nitrogens is 2. The fourth-order valence-corrected chi connectivity index (χ4v) is 4.26. The van der Waals surface area contributed by atoms with Crippen LogP contribution in [-0.4, -0.2) is 77.3 Å². The Kier molecular flexibility index (Phi) is 9.31. The number of hydrogen-bond acceptors (Lipinski definition) is 8. The van der Waals surface area contributed by atoms with Gasteiger partial charge in [-0.2, -0.15) is 9.97 Å². The second kappa shape index (κ2) is 12.2. The molecule has 0 radical (unpaired) electrons. The number of methoxy groups -OCH3 is 1. The van der Waals surface area contributed by atoms with E-state index in [1.165, 1.54) is 5.56 Å². The maximum Gasteiger partial charge on any atom is 0.412 e. The fourth-order valence-electron chi connectivity index (χ4n) is 4.26. The number of nitrogens with zero attached hydrogens (tertiary/aromatic N) is 4. The molecular weight excluding hydrogens is 474 g/mol. The molecule has 1 aromatic heterocycles. The summed E-state index contributed by atoms with van der Waals surface area (Å²) in [5.74, 6) is 0.738. The smallest absolute Gasteiger partial charge is 0.412 e. The molecule has 0 bridgehead atoms. The minimum absolute atomic E-state index is 0.0968. The zero-order chi connectivity index (χ0) is 27.2. The van der Waals surface area contributed by atoms with Crippen LogP contribution in [0.3, 0.4) is 0 Å². The van der Waals surface area contributed by atoms with Gasteiger partial charge in [0.05, 0.1) is 24.2 Å². The van der Waals surface area contributed by atoms with E-state index in [0.717, 1.165) is 38.2 Å². The molecule has 0 saturated carbocycles. The van der Waals surface area contributed by atoms with Gasteiger partial charge in [0.15, 0.2) is 6.61 Å². The summed E-state index contributed by atoms with van der Waals surface area (Å²) in [4.78, 5) is 37.7. The number of amides is 2. The third-order valence-electron chi connectivity index (χ3n) is 6.24. The molecule has 1 saturated heterocycles. The van der Waals surface area contributed by atoms with Crippen LogP contribution >= 0.6 is 0 Å². The number of piperidine rings is 1. The van der Waals surface area contributed by atoms with Crippen LogP contribution in [0.4, 0.5) is 10.5 Å².